The zero-order chi connectivity index (χ0) is 32.3. The number of piperidine rings is 1. The second kappa shape index (κ2) is 14.0. The number of carbonyl (C=O) groups excluding carboxylic acids is 1. The minimum absolute atomic E-state index is 0.0382. The number of benzene rings is 1. The number of aromatic nitrogens is 3. The fourth-order valence-electron chi connectivity index (χ4n) is 5.63. The van der Waals surface area contributed by atoms with Crippen LogP contribution in [0.3, 0.4) is 0 Å². The van der Waals surface area contributed by atoms with Gasteiger partial charge in [0, 0.05) is 50.9 Å². The van der Waals surface area contributed by atoms with Crippen LogP contribution in [0.2, 0.25) is 5.02 Å². The number of esters is 1. The van der Waals surface area contributed by atoms with Gasteiger partial charge in [0.25, 0.3) is 0 Å². The summed E-state index contributed by atoms with van der Waals surface area (Å²) >= 11 is 7.14. The quantitative estimate of drug-likeness (QED) is 0.194. The highest BCUT2D eigenvalue weighted by molar-refractivity contribution is 7.20. The van der Waals surface area contributed by atoms with Crippen molar-refractivity contribution < 1.29 is 27.1 Å². The Morgan fingerprint density at radius 1 is 1.13 bits per heavy atom. The van der Waals surface area contributed by atoms with Crippen molar-refractivity contribution in [2.24, 2.45) is 5.92 Å². The lowest BCUT2D eigenvalue weighted by Crippen LogP contribution is -2.52. The molecular formula is C30H36ClF4N7O2S. The van der Waals surface area contributed by atoms with E-state index in [1.165, 1.54) is 29.8 Å². The second-order valence-electron chi connectivity index (χ2n) is 11.4. The van der Waals surface area contributed by atoms with Gasteiger partial charge in [-0.3, -0.25) is 9.69 Å². The number of nitrogens with one attached hydrogen (secondary N) is 1. The molecule has 3 aromatic rings. The summed E-state index contributed by atoms with van der Waals surface area (Å²) in [5, 5.41) is 3.57. The van der Waals surface area contributed by atoms with Crippen molar-refractivity contribution in [2.75, 3.05) is 61.0 Å². The highest BCUT2D eigenvalue weighted by Gasteiger charge is 2.34. The molecule has 45 heavy (non-hydrogen) atoms. The SMILES string of the molecule is CCOC(=O)CCN1CCN(c2ncnc(Nc3nc(-c4ccc(Cl)c(C(F)(F)F)c4)c(N4CCC(C)CC4)s3)c2F)C[C@H]1C. The number of ether oxygens (including phenoxy) is 1. The van der Waals surface area contributed by atoms with Crippen LogP contribution in [-0.4, -0.2) is 77.7 Å². The highest BCUT2D eigenvalue weighted by Crippen LogP contribution is 2.44. The van der Waals surface area contributed by atoms with Crippen LogP contribution >= 0.6 is 22.9 Å². The molecule has 9 nitrogen and oxygen atoms in total. The largest absolute Gasteiger partial charge is 0.466 e. The van der Waals surface area contributed by atoms with Gasteiger partial charge in [0.1, 0.15) is 17.0 Å². The summed E-state index contributed by atoms with van der Waals surface area (Å²) in [7, 11) is 0. The monoisotopic (exact) mass is 669 g/mol. The van der Waals surface area contributed by atoms with Crippen molar-refractivity contribution in [1.29, 1.82) is 0 Å². The molecule has 1 N–H and O–H groups in total. The van der Waals surface area contributed by atoms with Crippen LogP contribution in [0.4, 0.5) is 39.3 Å². The van der Waals surface area contributed by atoms with E-state index in [0.29, 0.717) is 54.5 Å². The maximum atomic E-state index is 15.9. The molecule has 4 heterocycles. The predicted molar refractivity (Wildman–Crippen MR) is 168 cm³/mol. The van der Waals surface area contributed by atoms with E-state index in [0.717, 1.165) is 32.0 Å². The third-order valence-electron chi connectivity index (χ3n) is 8.19. The van der Waals surface area contributed by atoms with Crippen molar-refractivity contribution in [3.8, 4) is 11.3 Å². The molecule has 15 heteroatoms. The molecule has 0 spiro atoms. The Hall–Kier alpha value is -3.23. The normalized spacial score (nSPS) is 18.4. The fraction of sp³-hybridized carbons (Fsp3) is 0.533. The molecular weight excluding hydrogens is 634 g/mol. The molecule has 244 valence electrons. The van der Waals surface area contributed by atoms with E-state index >= 15 is 4.39 Å². The van der Waals surface area contributed by atoms with Gasteiger partial charge in [0.05, 0.1) is 23.6 Å². The molecule has 0 bridgehead atoms. The Bertz CT molecular complexity index is 1500. The van der Waals surface area contributed by atoms with E-state index in [-0.39, 0.29) is 35.6 Å². The fourth-order valence-corrected chi connectivity index (χ4v) is 6.89. The minimum atomic E-state index is -4.63. The van der Waals surface area contributed by atoms with Gasteiger partial charge in [-0.2, -0.15) is 17.6 Å². The number of hydrogen-bond acceptors (Lipinski definition) is 10. The summed E-state index contributed by atoms with van der Waals surface area (Å²) in [6, 6.07) is 3.79. The van der Waals surface area contributed by atoms with Crippen molar-refractivity contribution in [2.45, 2.75) is 52.3 Å². The lowest BCUT2D eigenvalue weighted by Gasteiger charge is -2.40. The summed E-state index contributed by atoms with van der Waals surface area (Å²) in [4.78, 5) is 30.9. The van der Waals surface area contributed by atoms with Gasteiger partial charge in [0.15, 0.2) is 16.8 Å². The number of piperazine rings is 1. The molecule has 2 saturated heterocycles. The van der Waals surface area contributed by atoms with Crippen molar-refractivity contribution in [3.63, 3.8) is 0 Å². The lowest BCUT2D eigenvalue weighted by molar-refractivity contribution is -0.143. The third-order valence-corrected chi connectivity index (χ3v) is 9.56. The number of thiazole rings is 1. The Labute approximate surface area is 268 Å². The standard InChI is InChI=1S/C30H36ClF4N7O2S/c1-4-44-23(43)9-12-40-13-14-42(16-19(40)3)27-24(32)26(36-17-37-27)39-29-38-25(28(45-29)41-10-7-18(2)8-11-41)20-5-6-22(31)21(15-20)30(33,34)35/h5-6,15,17-19H,4,7-14,16H2,1-3H3,(H,36,37,38,39)/t19-/m1/s1. The lowest BCUT2D eigenvalue weighted by atomic mass is 9.99. The number of anilines is 4. The van der Waals surface area contributed by atoms with Crippen LogP contribution in [-0.2, 0) is 15.7 Å². The first-order chi connectivity index (χ1) is 21.4. The van der Waals surface area contributed by atoms with Crippen molar-refractivity contribution in [1.82, 2.24) is 19.9 Å². The first-order valence-corrected chi connectivity index (χ1v) is 16.2. The molecule has 2 aliphatic rings. The molecule has 2 fully saturated rings. The number of hydrogen-bond donors (Lipinski definition) is 1. The number of rotatable bonds is 9. The van der Waals surface area contributed by atoms with Gasteiger partial charge in [-0.05, 0) is 44.7 Å². The number of carbonyl (C=O) groups is 1. The van der Waals surface area contributed by atoms with E-state index in [2.05, 4.69) is 37.0 Å². The van der Waals surface area contributed by atoms with E-state index in [1.807, 2.05) is 11.8 Å². The number of alkyl halides is 3. The van der Waals surface area contributed by atoms with Crippen molar-refractivity contribution >= 4 is 50.7 Å². The predicted octanol–water partition coefficient (Wildman–Crippen LogP) is 6.86. The molecule has 0 aliphatic carbocycles. The zero-order valence-corrected chi connectivity index (χ0v) is 26.9. The summed E-state index contributed by atoms with van der Waals surface area (Å²) < 4.78 is 62.0. The maximum Gasteiger partial charge on any atom is 0.417 e. The molecule has 1 aromatic carbocycles. The van der Waals surface area contributed by atoms with Crippen LogP contribution in [0.15, 0.2) is 24.5 Å². The van der Waals surface area contributed by atoms with Gasteiger partial charge in [-0.15, -0.1) is 0 Å². The molecule has 1 atom stereocenters. The van der Waals surface area contributed by atoms with Gasteiger partial charge < -0.3 is 19.9 Å². The Morgan fingerprint density at radius 3 is 2.58 bits per heavy atom. The Morgan fingerprint density at radius 2 is 1.89 bits per heavy atom. The molecule has 5 rings (SSSR count). The van der Waals surface area contributed by atoms with Crippen LogP contribution in [0.25, 0.3) is 11.3 Å². The first kappa shape index (κ1) is 33.1. The first-order valence-electron chi connectivity index (χ1n) is 15.0. The number of nitrogens with zero attached hydrogens (tertiary/aromatic N) is 6. The molecule has 2 aromatic heterocycles. The molecule has 2 aliphatic heterocycles. The molecule has 0 unspecified atom stereocenters. The average molecular weight is 670 g/mol. The second-order valence-corrected chi connectivity index (χ2v) is 12.8. The molecule has 0 radical (unpaired) electrons. The van der Waals surface area contributed by atoms with E-state index in [4.69, 9.17) is 16.3 Å². The van der Waals surface area contributed by atoms with Crippen LogP contribution < -0.4 is 15.1 Å². The van der Waals surface area contributed by atoms with Gasteiger partial charge in [-0.25, -0.2) is 15.0 Å². The van der Waals surface area contributed by atoms with Crippen LogP contribution in [0, 0.1) is 11.7 Å². The summed E-state index contributed by atoms with van der Waals surface area (Å²) in [5.74, 6) is -0.300. The highest BCUT2D eigenvalue weighted by atomic mass is 35.5. The minimum Gasteiger partial charge on any atom is -0.466 e. The van der Waals surface area contributed by atoms with Gasteiger partial charge >= 0.3 is 12.1 Å². The van der Waals surface area contributed by atoms with E-state index in [1.54, 1.807) is 6.92 Å². The van der Waals surface area contributed by atoms with Crippen LogP contribution in [0.1, 0.15) is 45.6 Å². The molecule has 0 saturated carbocycles. The van der Waals surface area contributed by atoms with Gasteiger partial charge in [0.2, 0.25) is 5.82 Å². The zero-order valence-electron chi connectivity index (χ0n) is 25.3. The molecule has 0 amide bonds. The average Bonchev–Trinajstić information content (AvgIpc) is 3.41. The topological polar surface area (TPSA) is 86.7 Å². The summed E-state index contributed by atoms with van der Waals surface area (Å²) in [5.41, 5.74) is -0.311. The Balaban J connectivity index is 1.38. The Kier molecular flexibility index (Phi) is 10.3. The van der Waals surface area contributed by atoms with E-state index in [9.17, 15) is 18.0 Å². The summed E-state index contributed by atoms with van der Waals surface area (Å²) in [6.45, 7) is 9.90. The summed E-state index contributed by atoms with van der Waals surface area (Å²) in [6.07, 6.45) is -1.19. The smallest absolute Gasteiger partial charge is 0.417 e. The van der Waals surface area contributed by atoms with Crippen LogP contribution in [0.5, 0.6) is 0 Å². The van der Waals surface area contributed by atoms with E-state index < -0.39 is 22.6 Å². The third kappa shape index (κ3) is 7.78. The maximum absolute atomic E-state index is 15.9. The number of halogens is 5. The van der Waals surface area contributed by atoms with Crippen molar-refractivity contribution in [3.05, 3.63) is 40.9 Å². The van der Waals surface area contributed by atoms with Gasteiger partial charge in [-0.1, -0.05) is 35.9 Å².